The average Bonchev–Trinajstić information content (AvgIpc) is 1.54. The fourth-order valence-electron chi connectivity index (χ4n) is 1.57. The molecule has 1 fully saturated rings. The lowest BCUT2D eigenvalue weighted by Gasteiger charge is -2.37. The summed E-state index contributed by atoms with van der Waals surface area (Å²) in [6.07, 6.45) is 0.415. The van der Waals surface area contributed by atoms with Crippen molar-refractivity contribution in [3.63, 3.8) is 0 Å². The summed E-state index contributed by atoms with van der Waals surface area (Å²) in [5.41, 5.74) is 0.0480. The summed E-state index contributed by atoms with van der Waals surface area (Å²) < 4.78 is 0. The molecule has 0 aromatic rings. The molecule has 1 heterocycles. The number of nitrogens with zero attached hydrogens (tertiary/aromatic N) is 1. The molecule has 0 amide bonds. The van der Waals surface area contributed by atoms with Gasteiger partial charge in [-0.3, -0.25) is 0 Å². The Balaban J connectivity index is 2.51. The molecule has 1 atom stereocenters. The van der Waals surface area contributed by atoms with Crippen LogP contribution in [0.5, 0.6) is 0 Å². The molecule has 0 aromatic carbocycles. The maximum absolute atomic E-state index is 9.21. The van der Waals surface area contributed by atoms with Crippen LogP contribution in [-0.2, 0) is 0 Å². The van der Waals surface area contributed by atoms with E-state index in [-0.39, 0.29) is 11.5 Å². The predicted octanol–water partition coefficient (Wildman–Crippen LogP) is 0.468. The maximum atomic E-state index is 9.21. The number of β-amino-alcohol motifs (C(OH)–C–C–N with tert-alkyl or cyclic N) is 1. The highest BCUT2D eigenvalue weighted by Crippen LogP contribution is 2.27. The summed E-state index contributed by atoms with van der Waals surface area (Å²) in [5.74, 6) is 0. The molecule has 10 heavy (non-hydrogen) atoms. The summed E-state index contributed by atoms with van der Waals surface area (Å²) in [6.45, 7) is 5.13. The van der Waals surface area contributed by atoms with E-state index in [1.54, 1.807) is 0 Å². The third-order valence-electron chi connectivity index (χ3n) is 1.82. The van der Waals surface area contributed by atoms with Gasteiger partial charge in [0.2, 0.25) is 0 Å². The van der Waals surface area contributed by atoms with Gasteiger partial charge in [0.15, 0.2) is 0 Å². The Morgan fingerprint density at radius 1 is 1.50 bits per heavy atom. The Labute approximate surface area is 61.2 Å². The van der Waals surface area contributed by atoms with Crippen LogP contribution in [0.3, 0.4) is 0 Å². The van der Waals surface area contributed by atoms with Gasteiger partial charge in [-0.25, -0.2) is 0 Å². The number of aliphatic hydroxyl groups excluding tert-OH is 1. The van der Waals surface area contributed by atoms with Crippen LogP contribution < -0.4 is 0 Å². The molecule has 0 aromatic heterocycles. The molecular weight excluding hydrogens is 130 g/mol. The minimum absolute atomic E-state index is 0.0480. The highest BCUT2D eigenvalue weighted by Gasteiger charge is 2.30. The van der Waals surface area contributed by atoms with Gasteiger partial charge in [0, 0.05) is 13.1 Å². The Bertz CT molecular complexity index is 113. The van der Waals surface area contributed by atoms with E-state index in [2.05, 4.69) is 0 Å². The van der Waals surface area contributed by atoms with Gasteiger partial charge in [-0.1, -0.05) is 13.8 Å². The van der Waals surface area contributed by atoms with Crippen LogP contribution in [0, 0.1) is 5.41 Å². The zero-order chi connectivity index (χ0) is 7.78. The molecule has 0 radical (unpaired) electrons. The van der Waals surface area contributed by atoms with Crippen molar-refractivity contribution in [3.05, 3.63) is 0 Å². The van der Waals surface area contributed by atoms with Crippen molar-refractivity contribution in [2.24, 2.45) is 5.41 Å². The van der Waals surface area contributed by atoms with Crippen LogP contribution in [0.1, 0.15) is 20.3 Å². The van der Waals surface area contributed by atoms with Crippen LogP contribution in [0.4, 0.5) is 0 Å². The van der Waals surface area contributed by atoms with E-state index in [1.807, 2.05) is 13.8 Å². The van der Waals surface area contributed by atoms with E-state index in [9.17, 15) is 5.11 Å². The minimum Gasteiger partial charge on any atom is -0.392 e. The van der Waals surface area contributed by atoms with Gasteiger partial charge >= 0.3 is 0 Å². The zero-order valence-corrected chi connectivity index (χ0v) is 6.54. The first kappa shape index (κ1) is 7.98. The molecule has 0 saturated carbocycles. The maximum Gasteiger partial charge on any atom is 0.0696 e. The highest BCUT2D eigenvalue weighted by atomic mass is 16.5. The molecule has 1 rings (SSSR count). The number of hydrogen-bond acceptors (Lipinski definition) is 3. The predicted molar refractivity (Wildman–Crippen MR) is 37.8 cm³/mol. The molecule has 0 aliphatic carbocycles. The van der Waals surface area contributed by atoms with Gasteiger partial charge in [0.1, 0.15) is 0 Å². The second kappa shape index (κ2) is 2.49. The van der Waals surface area contributed by atoms with E-state index in [0.29, 0.717) is 13.1 Å². The molecule has 3 nitrogen and oxygen atoms in total. The SMILES string of the molecule is CC1(C)CC(O)CN(O)C1. The van der Waals surface area contributed by atoms with E-state index < -0.39 is 0 Å². The fraction of sp³-hybridized carbons (Fsp3) is 1.00. The van der Waals surface area contributed by atoms with Crippen LogP contribution >= 0.6 is 0 Å². The Morgan fingerprint density at radius 3 is 2.50 bits per heavy atom. The quantitative estimate of drug-likeness (QED) is 0.520. The summed E-state index contributed by atoms with van der Waals surface area (Å²) in [5, 5.41) is 19.5. The molecule has 0 bridgehead atoms. The molecule has 1 unspecified atom stereocenters. The van der Waals surface area contributed by atoms with Gasteiger partial charge in [-0.15, -0.1) is 0 Å². The fourth-order valence-corrected chi connectivity index (χ4v) is 1.57. The Kier molecular flexibility index (Phi) is 1.99. The van der Waals surface area contributed by atoms with Crippen molar-refractivity contribution in [2.45, 2.75) is 26.4 Å². The van der Waals surface area contributed by atoms with Crippen molar-refractivity contribution in [1.29, 1.82) is 0 Å². The number of hydroxylamine groups is 2. The van der Waals surface area contributed by atoms with E-state index in [4.69, 9.17) is 5.21 Å². The summed E-state index contributed by atoms with van der Waals surface area (Å²) in [6, 6.07) is 0. The second-order valence-electron chi connectivity index (χ2n) is 3.87. The smallest absolute Gasteiger partial charge is 0.0696 e. The summed E-state index contributed by atoms with van der Waals surface area (Å²) >= 11 is 0. The Morgan fingerprint density at radius 2 is 2.10 bits per heavy atom. The van der Waals surface area contributed by atoms with E-state index in [1.165, 1.54) is 5.06 Å². The van der Waals surface area contributed by atoms with Crippen LogP contribution in [0.15, 0.2) is 0 Å². The second-order valence-corrected chi connectivity index (χ2v) is 3.87. The van der Waals surface area contributed by atoms with Crippen LogP contribution in [0.25, 0.3) is 0 Å². The highest BCUT2D eigenvalue weighted by molar-refractivity contribution is 4.80. The van der Waals surface area contributed by atoms with Gasteiger partial charge in [0.25, 0.3) is 0 Å². The standard InChI is InChI=1S/C7H15NO2/c1-7(2)3-6(9)4-8(10)5-7/h6,9-10H,3-5H2,1-2H3. The third-order valence-corrected chi connectivity index (χ3v) is 1.82. The topological polar surface area (TPSA) is 43.7 Å². The first-order chi connectivity index (χ1) is 4.49. The van der Waals surface area contributed by atoms with Gasteiger partial charge < -0.3 is 10.3 Å². The normalized spacial score (nSPS) is 34.2. The van der Waals surface area contributed by atoms with Crippen molar-refractivity contribution in [1.82, 2.24) is 5.06 Å². The number of aliphatic hydroxyl groups is 1. The Hall–Kier alpha value is -0.120. The zero-order valence-electron chi connectivity index (χ0n) is 6.54. The lowest BCUT2D eigenvalue weighted by atomic mass is 9.84. The summed E-state index contributed by atoms with van der Waals surface area (Å²) in [4.78, 5) is 0. The molecule has 1 saturated heterocycles. The van der Waals surface area contributed by atoms with E-state index in [0.717, 1.165) is 6.42 Å². The molecule has 3 heteroatoms. The van der Waals surface area contributed by atoms with Crippen molar-refractivity contribution in [3.8, 4) is 0 Å². The monoisotopic (exact) mass is 145 g/mol. The largest absolute Gasteiger partial charge is 0.392 e. The summed E-state index contributed by atoms with van der Waals surface area (Å²) in [7, 11) is 0. The van der Waals surface area contributed by atoms with Gasteiger partial charge in [0.05, 0.1) is 6.10 Å². The number of hydrogen-bond donors (Lipinski definition) is 2. The third kappa shape index (κ3) is 1.94. The van der Waals surface area contributed by atoms with E-state index >= 15 is 0 Å². The molecule has 1 aliphatic heterocycles. The van der Waals surface area contributed by atoms with Gasteiger partial charge in [-0.05, 0) is 11.8 Å². The van der Waals surface area contributed by atoms with Crippen molar-refractivity contribution in [2.75, 3.05) is 13.1 Å². The molecular formula is C7H15NO2. The average molecular weight is 145 g/mol. The lowest BCUT2D eigenvalue weighted by Crippen LogP contribution is -2.45. The number of rotatable bonds is 0. The first-order valence-electron chi connectivity index (χ1n) is 3.61. The molecule has 2 N–H and O–H groups in total. The molecule has 1 aliphatic rings. The van der Waals surface area contributed by atoms with Crippen molar-refractivity contribution < 1.29 is 10.3 Å². The van der Waals surface area contributed by atoms with Crippen LogP contribution in [0.2, 0.25) is 0 Å². The first-order valence-corrected chi connectivity index (χ1v) is 3.61. The van der Waals surface area contributed by atoms with Crippen LogP contribution in [-0.4, -0.2) is 34.6 Å². The lowest BCUT2D eigenvalue weighted by molar-refractivity contribution is -0.162. The number of piperidine rings is 1. The minimum atomic E-state index is -0.367. The molecule has 60 valence electrons. The molecule has 0 spiro atoms. The van der Waals surface area contributed by atoms with Crippen molar-refractivity contribution >= 4 is 0 Å². The van der Waals surface area contributed by atoms with Gasteiger partial charge in [-0.2, -0.15) is 5.06 Å².